The number of pyridine rings is 1. The fourth-order valence-electron chi connectivity index (χ4n) is 2.48. The lowest BCUT2D eigenvalue weighted by Crippen LogP contribution is -2.30. The van der Waals surface area contributed by atoms with Gasteiger partial charge in [-0.05, 0) is 36.6 Å². The molecule has 0 unspecified atom stereocenters. The molecule has 4 nitrogen and oxygen atoms in total. The van der Waals surface area contributed by atoms with Crippen molar-refractivity contribution in [2.45, 2.75) is 12.8 Å². The van der Waals surface area contributed by atoms with Crippen molar-refractivity contribution < 1.29 is 14.0 Å². The first-order chi connectivity index (χ1) is 10.2. The highest BCUT2D eigenvalue weighted by molar-refractivity contribution is 6.21. The third-order valence-electron chi connectivity index (χ3n) is 3.49. The van der Waals surface area contributed by atoms with E-state index in [9.17, 15) is 14.0 Å². The van der Waals surface area contributed by atoms with Gasteiger partial charge < -0.3 is 0 Å². The van der Waals surface area contributed by atoms with Gasteiger partial charge in [0.15, 0.2) is 0 Å². The highest BCUT2D eigenvalue weighted by Gasteiger charge is 2.34. The van der Waals surface area contributed by atoms with Crippen LogP contribution in [0.2, 0.25) is 0 Å². The third kappa shape index (κ3) is 2.54. The van der Waals surface area contributed by atoms with Gasteiger partial charge in [-0.1, -0.05) is 12.1 Å². The van der Waals surface area contributed by atoms with E-state index < -0.39 is 0 Å². The Hall–Kier alpha value is -2.56. The second kappa shape index (κ2) is 5.44. The molecule has 0 spiro atoms. The molecule has 3 rings (SSSR count). The summed E-state index contributed by atoms with van der Waals surface area (Å²) in [6.45, 7) is 0.322. The van der Waals surface area contributed by atoms with Crippen LogP contribution in [0, 0.1) is 5.82 Å². The van der Waals surface area contributed by atoms with Gasteiger partial charge in [-0.3, -0.25) is 19.5 Å². The number of rotatable bonds is 4. The Bertz CT molecular complexity index is 680. The molecule has 0 bridgehead atoms. The van der Waals surface area contributed by atoms with Gasteiger partial charge in [-0.2, -0.15) is 0 Å². The molecule has 2 amide bonds. The number of fused-ring (bicyclic) bond motifs is 1. The molecule has 0 saturated carbocycles. The Balaban J connectivity index is 1.65. The maximum atomic E-state index is 13.0. The molecule has 2 aromatic rings. The molecule has 0 N–H and O–H groups in total. The van der Waals surface area contributed by atoms with Crippen molar-refractivity contribution >= 4 is 11.8 Å². The van der Waals surface area contributed by atoms with E-state index in [1.807, 2.05) is 0 Å². The van der Waals surface area contributed by atoms with E-state index in [0.717, 1.165) is 11.8 Å². The number of hydrogen-bond donors (Lipinski definition) is 0. The fraction of sp³-hybridized carbons (Fsp3) is 0.188. The molecular formula is C16H13FN2O2. The SMILES string of the molecule is O=C1c2ccccc2C(=O)N1CCCc1cncc(F)c1. The molecule has 0 radical (unpaired) electrons. The number of hydrogen-bond acceptors (Lipinski definition) is 3. The molecule has 5 heteroatoms. The highest BCUT2D eigenvalue weighted by Crippen LogP contribution is 2.22. The summed E-state index contributed by atoms with van der Waals surface area (Å²) in [6, 6.07) is 8.21. The van der Waals surface area contributed by atoms with Crippen LogP contribution in [0.4, 0.5) is 4.39 Å². The summed E-state index contributed by atoms with van der Waals surface area (Å²) in [7, 11) is 0. The molecular weight excluding hydrogens is 271 g/mol. The number of carbonyl (C=O) groups is 2. The minimum absolute atomic E-state index is 0.257. The zero-order valence-corrected chi connectivity index (χ0v) is 11.3. The average molecular weight is 284 g/mol. The topological polar surface area (TPSA) is 50.3 Å². The summed E-state index contributed by atoms with van der Waals surface area (Å²) in [6.07, 6.45) is 3.88. The van der Waals surface area contributed by atoms with E-state index in [1.165, 1.54) is 11.0 Å². The average Bonchev–Trinajstić information content (AvgIpc) is 2.73. The smallest absolute Gasteiger partial charge is 0.261 e. The van der Waals surface area contributed by atoms with E-state index in [4.69, 9.17) is 0 Å². The normalized spacial score (nSPS) is 13.7. The Morgan fingerprint density at radius 1 is 1.05 bits per heavy atom. The van der Waals surface area contributed by atoms with E-state index in [1.54, 1.807) is 30.5 Å². The molecule has 0 saturated heterocycles. The molecule has 1 aliphatic heterocycles. The summed E-state index contributed by atoms with van der Waals surface area (Å²) in [5, 5.41) is 0. The summed E-state index contributed by atoms with van der Waals surface area (Å²) < 4.78 is 13.0. The van der Waals surface area contributed by atoms with E-state index >= 15 is 0 Å². The summed E-state index contributed by atoms with van der Waals surface area (Å²) in [5.41, 5.74) is 1.66. The van der Waals surface area contributed by atoms with Crippen LogP contribution >= 0.6 is 0 Å². The maximum Gasteiger partial charge on any atom is 0.261 e. The number of amides is 2. The Kier molecular flexibility index (Phi) is 3.48. The van der Waals surface area contributed by atoms with Crippen molar-refractivity contribution in [2.24, 2.45) is 0 Å². The molecule has 1 aliphatic rings. The number of aryl methyl sites for hydroxylation is 1. The van der Waals surface area contributed by atoms with Crippen LogP contribution in [0.15, 0.2) is 42.7 Å². The van der Waals surface area contributed by atoms with E-state index in [-0.39, 0.29) is 17.6 Å². The number of imide groups is 1. The lowest BCUT2D eigenvalue weighted by molar-refractivity contribution is 0.0652. The largest absolute Gasteiger partial charge is 0.274 e. The summed E-state index contributed by atoms with van der Waals surface area (Å²) >= 11 is 0. The predicted octanol–water partition coefficient (Wildman–Crippen LogP) is 2.45. The number of aromatic nitrogens is 1. The lowest BCUT2D eigenvalue weighted by atomic mass is 10.1. The molecule has 2 heterocycles. The standard InChI is InChI=1S/C16H13FN2O2/c17-12-8-11(9-18-10-12)4-3-7-19-15(20)13-5-1-2-6-14(13)16(19)21/h1-2,5-6,8-10H,3-4,7H2. The molecule has 1 aromatic carbocycles. The van der Waals surface area contributed by atoms with Crippen LogP contribution in [0.25, 0.3) is 0 Å². The molecule has 21 heavy (non-hydrogen) atoms. The third-order valence-corrected chi connectivity index (χ3v) is 3.49. The Labute approximate surface area is 121 Å². The van der Waals surface area contributed by atoms with Gasteiger partial charge >= 0.3 is 0 Å². The maximum absolute atomic E-state index is 13.0. The van der Waals surface area contributed by atoms with Crippen LogP contribution in [0.3, 0.4) is 0 Å². The quantitative estimate of drug-likeness (QED) is 0.810. The number of halogens is 1. The van der Waals surface area contributed by atoms with Gasteiger partial charge in [0.25, 0.3) is 11.8 Å². The minimum Gasteiger partial charge on any atom is -0.274 e. The second-order valence-electron chi connectivity index (χ2n) is 4.92. The number of carbonyl (C=O) groups excluding carboxylic acids is 2. The van der Waals surface area contributed by atoms with Gasteiger partial charge in [-0.15, -0.1) is 0 Å². The molecule has 106 valence electrons. The molecule has 0 atom stereocenters. The lowest BCUT2D eigenvalue weighted by Gasteiger charge is -2.13. The zero-order valence-electron chi connectivity index (χ0n) is 11.3. The van der Waals surface area contributed by atoms with Crippen molar-refractivity contribution in [2.75, 3.05) is 6.54 Å². The van der Waals surface area contributed by atoms with Gasteiger partial charge in [0.2, 0.25) is 0 Å². The number of nitrogens with zero attached hydrogens (tertiary/aromatic N) is 2. The first kappa shape index (κ1) is 13.4. The van der Waals surface area contributed by atoms with Crippen molar-refractivity contribution in [3.8, 4) is 0 Å². The van der Waals surface area contributed by atoms with Crippen molar-refractivity contribution in [1.82, 2.24) is 9.88 Å². The monoisotopic (exact) mass is 284 g/mol. The van der Waals surface area contributed by atoms with Crippen LogP contribution in [0.5, 0.6) is 0 Å². The first-order valence-corrected chi connectivity index (χ1v) is 6.71. The zero-order chi connectivity index (χ0) is 14.8. The molecule has 0 fully saturated rings. The highest BCUT2D eigenvalue weighted by atomic mass is 19.1. The Morgan fingerprint density at radius 2 is 1.71 bits per heavy atom. The van der Waals surface area contributed by atoms with E-state index in [0.29, 0.717) is 30.5 Å². The Morgan fingerprint density at radius 3 is 2.33 bits per heavy atom. The van der Waals surface area contributed by atoms with Crippen LogP contribution in [-0.4, -0.2) is 28.2 Å². The predicted molar refractivity (Wildman–Crippen MR) is 74.3 cm³/mol. The fourth-order valence-corrected chi connectivity index (χ4v) is 2.48. The summed E-state index contributed by atoms with van der Waals surface area (Å²) in [5.74, 6) is -0.894. The summed E-state index contributed by atoms with van der Waals surface area (Å²) in [4.78, 5) is 29.3. The second-order valence-corrected chi connectivity index (χ2v) is 4.92. The van der Waals surface area contributed by atoms with Crippen molar-refractivity contribution in [3.05, 3.63) is 65.2 Å². The van der Waals surface area contributed by atoms with Gasteiger partial charge in [0, 0.05) is 12.7 Å². The molecule has 1 aromatic heterocycles. The molecule has 0 aliphatic carbocycles. The van der Waals surface area contributed by atoms with Crippen molar-refractivity contribution in [1.29, 1.82) is 0 Å². The van der Waals surface area contributed by atoms with Gasteiger partial charge in [0.05, 0.1) is 17.3 Å². The van der Waals surface area contributed by atoms with Crippen molar-refractivity contribution in [3.63, 3.8) is 0 Å². The van der Waals surface area contributed by atoms with Crippen LogP contribution in [-0.2, 0) is 6.42 Å². The van der Waals surface area contributed by atoms with Crippen LogP contribution < -0.4 is 0 Å². The minimum atomic E-state index is -0.381. The van der Waals surface area contributed by atoms with E-state index in [2.05, 4.69) is 4.98 Å². The first-order valence-electron chi connectivity index (χ1n) is 6.71. The number of benzene rings is 1. The van der Waals surface area contributed by atoms with Gasteiger partial charge in [0.1, 0.15) is 5.82 Å². The van der Waals surface area contributed by atoms with Gasteiger partial charge in [-0.25, -0.2) is 4.39 Å². The van der Waals surface area contributed by atoms with Crippen LogP contribution in [0.1, 0.15) is 32.7 Å².